The van der Waals surface area contributed by atoms with Crippen molar-refractivity contribution in [2.45, 2.75) is 12.7 Å². The number of esters is 3. The fourth-order valence-corrected chi connectivity index (χ4v) is 0.841. The lowest BCUT2D eigenvalue weighted by Crippen LogP contribution is -2.45. The van der Waals surface area contributed by atoms with E-state index in [1.54, 1.807) is 0 Å². The molecule has 0 saturated heterocycles. The molecule has 0 aliphatic carbocycles. The van der Waals surface area contributed by atoms with Crippen molar-refractivity contribution in [3.8, 4) is 0 Å². The van der Waals surface area contributed by atoms with Crippen LogP contribution in [0.5, 0.6) is 0 Å². The topological polar surface area (TPSA) is 99.1 Å². The number of aliphatic hydroxyl groups excluding tert-OH is 1. The second-order valence-corrected chi connectivity index (χ2v) is 3.06. The van der Waals surface area contributed by atoms with Crippen molar-refractivity contribution in [1.82, 2.24) is 0 Å². The van der Waals surface area contributed by atoms with E-state index in [0.717, 1.165) is 19.1 Å². The van der Waals surface area contributed by atoms with Gasteiger partial charge in [-0.3, -0.25) is 0 Å². The molecule has 0 aliphatic heterocycles. The summed E-state index contributed by atoms with van der Waals surface area (Å²) in [6.45, 7) is 6.55. The maximum atomic E-state index is 11.6. The number of carbonyl (C=O) groups is 3. The summed E-state index contributed by atoms with van der Waals surface area (Å²) in [5, 5.41) is 8.51. The van der Waals surface area contributed by atoms with Gasteiger partial charge in [-0.1, -0.05) is 13.2 Å². The average Bonchev–Trinajstić information content (AvgIpc) is 2.35. The van der Waals surface area contributed by atoms with Gasteiger partial charge < -0.3 is 19.3 Å². The maximum absolute atomic E-state index is 11.6. The van der Waals surface area contributed by atoms with Gasteiger partial charge in [-0.25, -0.2) is 14.4 Å². The lowest BCUT2D eigenvalue weighted by atomic mass is 10.3. The van der Waals surface area contributed by atoms with E-state index in [1.807, 2.05) is 0 Å². The van der Waals surface area contributed by atoms with Crippen molar-refractivity contribution in [1.29, 1.82) is 0 Å². The van der Waals surface area contributed by atoms with E-state index in [9.17, 15) is 14.4 Å². The second kappa shape index (κ2) is 7.23. The summed E-state index contributed by atoms with van der Waals surface area (Å²) >= 11 is 0. The van der Waals surface area contributed by atoms with Gasteiger partial charge in [0.2, 0.25) is 0 Å². The van der Waals surface area contributed by atoms with Crippen LogP contribution in [0.2, 0.25) is 0 Å². The van der Waals surface area contributed by atoms with Crippen molar-refractivity contribution in [2.75, 3.05) is 13.2 Å². The summed E-state index contributed by atoms with van der Waals surface area (Å²) < 4.78 is 13.8. The van der Waals surface area contributed by atoms with E-state index < -0.39 is 30.3 Å². The summed E-state index contributed by atoms with van der Waals surface area (Å²) in [5.41, 5.74) is 0. The van der Waals surface area contributed by atoms with Crippen LogP contribution in [-0.2, 0) is 28.6 Å². The van der Waals surface area contributed by atoms with E-state index in [0.29, 0.717) is 0 Å². The monoisotopic (exact) mass is 258 g/mol. The number of aliphatic hydroxyl groups is 1. The van der Waals surface area contributed by atoms with E-state index in [-0.39, 0.29) is 6.61 Å². The average molecular weight is 258 g/mol. The summed E-state index contributed by atoms with van der Waals surface area (Å²) in [7, 11) is 0. The smallest absolute Gasteiger partial charge is 0.392 e. The molecule has 0 heterocycles. The Morgan fingerprint density at radius 2 is 1.61 bits per heavy atom. The fourth-order valence-electron chi connectivity index (χ4n) is 0.841. The van der Waals surface area contributed by atoms with Gasteiger partial charge >= 0.3 is 23.7 Å². The van der Waals surface area contributed by atoms with E-state index >= 15 is 0 Å². The number of hydrogen-bond acceptors (Lipinski definition) is 7. The Morgan fingerprint density at radius 3 is 1.94 bits per heavy atom. The van der Waals surface area contributed by atoms with Crippen LogP contribution < -0.4 is 0 Å². The van der Waals surface area contributed by atoms with E-state index in [2.05, 4.69) is 27.4 Å². The first-order valence-corrected chi connectivity index (χ1v) is 4.88. The van der Waals surface area contributed by atoms with Gasteiger partial charge in [0.05, 0.1) is 6.61 Å². The molecule has 0 bridgehead atoms. The Labute approximate surface area is 104 Å². The predicted octanol–water partition coefficient (Wildman–Crippen LogP) is -0.304. The molecule has 7 heteroatoms. The van der Waals surface area contributed by atoms with E-state index in [1.165, 1.54) is 0 Å². The molecule has 0 fully saturated rings. The molecule has 18 heavy (non-hydrogen) atoms. The van der Waals surface area contributed by atoms with Crippen LogP contribution in [0.1, 0.15) is 6.92 Å². The van der Waals surface area contributed by atoms with Crippen LogP contribution in [0, 0.1) is 0 Å². The first kappa shape index (κ1) is 15.9. The van der Waals surface area contributed by atoms with Gasteiger partial charge in [-0.05, 0) is 0 Å². The molecule has 7 nitrogen and oxygen atoms in total. The molecule has 0 amide bonds. The highest BCUT2D eigenvalue weighted by Crippen LogP contribution is 2.16. The number of ether oxygens (including phenoxy) is 3. The minimum absolute atomic E-state index is 0.328. The number of rotatable bonds is 7. The van der Waals surface area contributed by atoms with Crippen LogP contribution in [0.25, 0.3) is 0 Å². The SMILES string of the molecule is C=CC(=O)OC(C)(OC(=O)C=C)C(=O)OCCO. The standard InChI is InChI=1S/C11H14O7/c1-4-8(13)17-11(3,18-9(14)5-2)10(15)16-7-6-12/h4-5,12H,1-2,6-7H2,3H3. The third-order valence-electron chi connectivity index (χ3n) is 1.62. The number of hydrogen-bond donors (Lipinski definition) is 1. The quantitative estimate of drug-likeness (QED) is 0.380. The van der Waals surface area contributed by atoms with Crippen LogP contribution >= 0.6 is 0 Å². The van der Waals surface area contributed by atoms with Crippen LogP contribution in [-0.4, -0.2) is 42.0 Å². The highest BCUT2D eigenvalue weighted by atomic mass is 16.8. The van der Waals surface area contributed by atoms with Gasteiger partial charge in [0.1, 0.15) is 6.61 Å². The molecule has 0 rings (SSSR count). The van der Waals surface area contributed by atoms with Crippen LogP contribution in [0.3, 0.4) is 0 Å². The van der Waals surface area contributed by atoms with Gasteiger partial charge in [-0.2, -0.15) is 0 Å². The van der Waals surface area contributed by atoms with Gasteiger partial charge in [-0.15, -0.1) is 0 Å². The maximum Gasteiger partial charge on any atom is 0.392 e. The van der Waals surface area contributed by atoms with Crippen molar-refractivity contribution < 1.29 is 33.7 Å². The highest BCUT2D eigenvalue weighted by molar-refractivity contribution is 5.89. The zero-order chi connectivity index (χ0) is 14.2. The van der Waals surface area contributed by atoms with Crippen molar-refractivity contribution in [2.24, 2.45) is 0 Å². The lowest BCUT2D eigenvalue weighted by Gasteiger charge is -2.25. The molecule has 0 aliphatic rings. The molecule has 0 spiro atoms. The molecule has 0 radical (unpaired) electrons. The van der Waals surface area contributed by atoms with Crippen molar-refractivity contribution in [3.05, 3.63) is 25.3 Å². The number of carbonyl (C=O) groups excluding carboxylic acids is 3. The molecule has 100 valence electrons. The summed E-state index contributed by atoms with van der Waals surface area (Å²) in [6, 6.07) is 0. The van der Waals surface area contributed by atoms with Crippen LogP contribution in [0.15, 0.2) is 25.3 Å². The van der Waals surface area contributed by atoms with Gasteiger partial charge in [0.25, 0.3) is 0 Å². The molecular formula is C11H14O7. The predicted molar refractivity (Wildman–Crippen MR) is 59.0 cm³/mol. The van der Waals surface area contributed by atoms with Gasteiger partial charge in [0, 0.05) is 19.1 Å². The zero-order valence-electron chi connectivity index (χ0n) is 9.88. The molecule has 0 saturated carbocycles. The molecule has 0 unspecified atom stereocenters. The first-order chi connectivity index (χ1) is 8.39. The molecule has 0 aromatic rings. The Hall–Kier alpha value is -2.15. The first-order valence-electron chi connectivity index (χ1n) is 4.88. The summed E-state index contributed by atoms with van der Waals surface area (Å²) in [6.07, 6.45) is 1.58. The molecule has 1 N–H and O–H groups in total. The largest absolute Gasteiger partial charge is 0.458 e. The minimum Gasteiger partial charge on any atom is -0.458 e. The zero-order valence-corrected chi connectivity index (χ0v) is 9.88. The Morgan fingerprint density at radius 1 is 1.17 bits per heavy atom. The third kappa shape index (κ3) is 4.79. The highest BCUT2D eigenvalue weighted by Gasteiger charge is 2.42. The normalized spacial score (nSPS) is 10.1. The Kier molecular flexibility index (Phi) is 6.37. The molecule has 0 aromatic heterocycles. The van der Waals surface area contributed by atoms with Crippen LogP contribution in [0.4, 0.5) is 0 Å². The fraction of sp³-hybridized carbons (Fsp3) is 0.364. The lowest BCUT2D eigenvalue weighted by molar-refractivity contribution is -0.230. The third-order valence-corrected chi connectivity index (χ3v) is 1.62. The van der Waals surface area contributed by atoms with Crippen molar-refractivity contribution in [3.63, 3.8) is 0 Å². The van der Waals surface area contributed by atoms with Gasteiger partial charge in [0.15, 0.2) is 0 Å². The summed E-state index contributed by atoms with van der Waals surface area (Å²) in [5.74, 6) is -5.35. The Balaban J connectivity index is 4.93. The molecule has 0 aromatic carbocycles. The molecule has 0 atom stereocenters. The van der Waals surface area contributed by atoms with Crippen molar-refractivity contribution >= 4 is 17.9 Å². The second-order valence-electron chi connectivity index (χ2n) is 3.06. The minimum atomic E-state index is -2.26. The summed E-state index contributed by atoms with van der Waals surface area (Å²) in [4.78, 5) is 33.7. The van der Waals surface area contributed by atoms with E-state index in [4.69, 9.17) is 5.11 Å². The molecular weight excluding hydrogens is 244 g/mol. The Bertz CT molecular complexity index is 336.